The van der Waals surface area contributed by atoms with Gasteiger partial charge in [-0.05, 0) is 13.8 Å². The maximum absolute atomic E-state index is 11.6. The van der Waals surface area contributed by atoms with Gasteiger partial charge in [0.1, 0.15) is 11.5 Å². The number of rotatable bonds is 5. The van der Waals surface area contributed by atoms with Crippen LogP contribution in [0.15, 0.2) is 0 Å². The molecule has 0 unspecified atom stereocenters. The lowest BCUT2D eigenvalue weighted by molar-refractivity contribution is -0.757. The molecule has 17 heavy (non-hydrogen) atoms. The van der Waals surface area contributed by atoms with E-state index in [-0.39, 0.29) is 31.5 Å². The first kappa shape index (κ1) is 15.6. The number of carbonyl (C=O) groups is 1. The smallest absolute Gasteiger partial charge is 0.294 e. The third-order valence-corrected chi connectivity index (χ3v) is 2.77. The van der Waals surface area contributed by atoms with E-state index >= 15 is 0 Å². The third-order valence-electron chi connectivity index (χ3n) is 1.69. The van der Waals surface area contributed by atoms with Gasteiger partial charge in [-0.2, -0.15) is 0 Å². The highest BCUT2D eigenvalue weighted by Gasteiger charge is 2.12. The van der Waals surface area contributed by atoms with Crippen molar-refractivity contribution in [3.8, 4) is 0 Å². The molecule has 1 rings (SSSR count). The quantitative estimate of drug-likeness (QED) is 0.496. The van der Waals surface area contributed by atoms with Crippen molar-refractivity contribution < 1.29 is 14.7 Å². The van der Waals surface area contributed by atoms with E-state index in [1.165, 1.54) is 11.3 Å². The Labute approximate surface area is 108 Å². The van der Waals surface area contributed by atoms with Crippen LogP contribution >= 0.6 is 23.7 Å². The number of hydrogen-bond donors (Lipinski definition) is 1. The summed E-state index contributed by atoms with van der Waals surface area (Å²) < 4.78 is 0. The normalized spacial score (nSPS) is 9.29. The maximum atomic E-state index is 11.6. The van der Waals surface area contributed by atoms with Gasteiger partial charge in [0.15, 0.2) is 0 Å². The zero-order valence-corrected chi connectivity index (χ0v) is 10.9. The maximum Gasteiger partial charge on any atom is 0.294 e. The van der Waals surface area contributed by atoms with Crippen molar-refractivity contribution in [1.29, 1.82) is 0 Å². The van der Waals surface area contributed by atoms with E-state index in [1.807, 2.05) is 6.92 Å². The van der Waals surface area contributed by atoms with Gasteiger partial charge in [-0.25, -0.2) is 4.98 Å². The molecule has 0 bridgehead atoms. The summed E-state index contributed by atoms with van der Waals surface area (Å²) in [5.74, 6) is -0.282. The molecule has 1 aromatic heterocycles. The molecule has 0 aliphatic heterocycles. The lowest BCUT2D eigenvalue weighted by Crippen LogP contribution is -2.27. The van der Waals surface area contributed by atoms with E-state index in [0.29, 0.717) is 10.6 Å². The van der Waals surface area contributed by atoms with Gasteiger partial charge >= 0.3 is 0 Å². The van der Waals surface area contributed by atoms with E-state index in [1.54, 1.807) is 6.92 Å². The molecule has 1 amide bonds. The number of hydrogen-bond acceptors (Lipinski definition) is 6. The average molecular weight is 282 g/mol. The Kier molecular flexibility index (Phi) is 6.44. The van der Waals surface area contributed by atoms with E-state index in [0.717, 1.165) is 5.01 Å². The highest BCUT2D eigenvalue weighted by Crippen LogP contribution is 2.16. The molecule has 0 radical (unpaired) electrons. The summed E-state index contributed by atoms with van der Waals surface area (Å²) in [7, 11) is 0. The van der Waals surface area contributed by atoms with Gasteiger partial charge in [-0.1, -0.05) is 0 Å². The van der Waals surface area contributed by atoms with Gasteiger partial charge in [0.2, 0.25) is 0 Å². The summed E-state index contributed by atoms with van der Waals surface area (Å²) in [6.45, 7) is 3.49. The van der Waals surface area contributed by atoms with Crippen LogP contribution in [0.4, 0.5) is 0 Å². The number of aryl methyl sites for hydroxylation is 2. The van der Waals surface area contributed by atoms with Crippen LogP contribution in [-0.4, -0.2) is 29.1 Å². The summed E-state index contributed by atoms with van der Waals surface area (Å²) >= 11 is 1.29. The van der Waals surface area contributed by atoms with Crippen LogP contribution in [-0.2, 0) is 4.84 Å². The monoisotopic (exact) mass is 281 g/mol. The van der Waals surface area contributed by atoms with E-state index in [2.05, 4.69) is 15.1 Å². The molecule has 0 aliphatic rings. The molecular weight excluding hydrogens is 270 g/mol. The van der Waals surface area contributed by atoms with Gasteiger partial charge in [-0.3, -0.25) is 4.79 Å². The fourth-order valence-corrected chi connectivity index (χ4v) is 1.94. The highest BCUT2D eigenvalue weighted by molar-refractivity contribution is 7.13. The van der Waals surface area contributed by atoms with Crippen LogP contribution in [0, 0.1) is 24.0 Å². The standard InChI is InChI=1S/C8H11N3O4S.ClH/c1-5-7(16-6(2)10-5)8(12)9-3-4-15-11(13)14;/h3-4H2,1-2H3,(H,9,12);1H. The first-order chi connectivity index (χ1) is 7.50. The van der Waals surface area contributed by atoms with Crippen LogP contribution in [0.5, 0.6) is 0 Å². The molecule has 96 valence electrons. The van der Waals surface area contributed by atoms with E-state index in [9.17, 15) is 14.9 Å². The Morgan fingerprint density at radius 2 is 2.24 bits per heavy atom. The van der Waals surface area contributed by atoms with Crippen LogP contribution in [0.25, 0.3) is 0 Å². The second-order valence-corrected chi connectivity index (χ2v) is 4.16. The molecule has 0 atom stereocenters. The zero-order chi connectivity index (χ0) is 12.1. The number of carbonyl (C=O) groups excluding carboxylic acids is 1. The molecule has 7 nitrogen and oxygen atoms in total. The molecule has 0 aromatic carbocycles. The Morgan fingerprint density at radius 3 is 2.71 bits per heavy atom. The Balaban J connectivity index is 0.00000256. The van der Waals surface area contributed by atoms with E-state index in [4.69, 9.17) is 0 Å². The first-order valence-corrected chi connectivity index (χ1v) is 5.32. The van der Waals surface area contributed by atoms with Crippen molar-refractivity contribution in [2.75, 3.05) is 13.2 Å². The number of aromatic nitrogens is 1. The van der Waals surface area contributed by atoms with Crippen LogP contribution in [0.2, 0.25) is 0 Å². The van der Waals surface area contributed by atoms with Crippen molar-refractivity contribution in [3.63, 3.8) is 0 Å². The molecule has 0 saturated carbocycles. The van der Waals surface area contributed by atoms with Crippen molar-refractivity contribution >= 4 is 29.7 Å². The van der Waals surface area contributed by atoms with Crippen molar-refractivity contribution in [3.05, 3.63) is 25.7 Å². The van der Waals surface area contributed by atoms with Gasteiger partial charge in [0.25, 0.3) is 11.0 Å². The SMILES string of the molecule is Cc1nc(C)c(C(=O)NCCO[N+](=O)[O-])s1.Cl. The largest absolute Gasteiger partial charge is 0.349 e. The van der Waals surface area contributed by atoms with Crippen LogP contribution < -0.4 is 5.32 Å². The number of amides is 1. The number of thiazole rings is 1. The lowest BCUT2D eigenvalue weighted by atomic mass is 10.4. The van der Waals surface area contributed by atoms with Gasteiger partial charge < -0.3 is 10.2 Å². The van der Waals surface area contributed by atoms with Crippen molar-refractivity contribution in [1.82, 2.24) is 10.3 Å². The molecule has 1 N–H and O–H groups in total. The summed E-state index contributed by atoms with van der Waals surface area (Å²) in [6, 6.07) is 0. The second kappa shape index (κ2) is 7.02. The predicted molar refractivity (Wildman–Crippen MR) is 64.1 cm³/mol. The lowest BCUT2D eigenvalue weighted by Gasteiger charge is -2.02. The molecule has 1 aromatic rings. The van der Waals surface area contributed by atoms with Gasteiger partial charge in [0.05, 0.1) is 10.7 Å². The molecule has 0 saturated heterocycles. The number of nitrogens with zero attached hydrogens (tertiary/aromatic N) is 2. The molecule has 0 spiro atoms. The summed E-state index contributed by atoms with van der Waals surface area (Å²) in [6.07, 6.45) is 0. The molecule has 0 aliphatic carbocycles. The second-order valence-electron chi connectivity index (χ2n) is 2.96. The summed E-state index contributed by atoms with van der Waals surface area (Å²) in [4.78, 5) is 30.1. The minimum atomic E-state index is -0.895. The van der Waals surface area contributed by atoms with Crippen LogP contribution in [0.1, 0.15) is 20.4 Å². The first-order valence-electron chi connectivity index (χ1n) is 4.50. The summed E-state index contributed by atoms with van der Waals surface area (Å²) in [5, 5.41) is 12.3. The van der Waals surface area contributed by atoms with Crippen molar-refractivity contribution in [2.45, 2.75) is 13.8 Å². The molecule has 0 fully saturated rings. The Bertz CT molecular complexity index is 409. The van der Waals surface area contributed by atoms with Crippen molar-refractivity contribution in [2.24, 2.45) is 0 Å². The van der Waals surface area contributed by atoms with Gasteiger partial charge in [0, 0.05) is 6.54 Å². The highest BCUT2D eigenvalue weighted by atomic mass is 35.5. The zero-order valence-electron chi connectivity index (χ0n) is 9.26. The minimum Gasteiger partial charge on any atom is -0.349 e. The fraction of sp³-hybridized carbons (Fsp3) is 0.500. The van der Waals surface area contributed by atoms with E-state index < -0.39 is 5.09 Å². The molecular formula is C8H12ClN3O4S. The van der Waals surface area contributed by atoms with Gasteiger partial charge in [-0.15, -0.1) is 33.9 Å². The fourth-order valence-electron chi connectivity index (χ4n) is 1.11. The summed E-state index contributed by atoms with van der Waals surface area (Å²) in [5.41, 5.74) is 0.662. The topological polar surface area (TPSA) is 94.4 Å². The van der Waals surface area contributed by atoms with Crippen LogP contribution in [0.3, 0.4) is 0 Å². The average Bonchev–Trinajstić information content (AvgIpc) is 2.52. The Morgan fingerprint density at radius 1 is 1.59 bits per heavy atom. The molecule has 9 heteroatoms. The minimum absolute atomic E-state index is 0. The number of halogens is 1. The Hall–Kier alpha value is -1.41. The predicted octanol–water partition coefficient (Wildman–Crippen LogP) is 1.12. The molecule has 1 heterocycles. The third kappa shape index (κ3) is 4.96. The number of nitrogens with one attached hydrogen (secondary N) is 1.